The number of hydrogen-bond acceptors (Lipinski definition) is 1. The first-order valence-electron chi connectivity index (χ1n) is 6.24. The second-order valence-corrected chi connectivity index (χ2v) is 4.57. The maximum Gasteiger partial charge on any atom is 0.303 e. The monoisotopic (exact) mass is 261 g/mol. The number of benzene rings is 1. The SMILES string of the molecule is O=C(O)CC(CCc1ccccc1F)c1cc[nH]c1. The van der Waals surface area contributed by atoms with E-state index in [4.69, 9.17) is 5.11 Å². The van der Waals surface area contributed by atoms with Crippen molar-refractivity contribution in [2.75, 3.05) is 0 Å². The summed E-state index contributed by atoms with van der Waals surface area (Å²) in [6, 6.07) is 8.48. The number of aromatic amines is 1. The Balaban J connectivity index is 2.05. The van der Waals surface area contributed by atoms with Crippen LogP contribution in [0.15, 0.2) is 42.7 Å². The number of hydrogen-bond donors (Lipinski definition) is 2. The highest BCUT2D eigenvalue weighted by molar-refractivity contribution is 5.68. The molecule has 19 heavy (non-hydrogen) atoms. The molecule has 1 heterocycles. The van der Waals surface area contributed by atoms with E-state index in [9.17, 15) is 9.18 Å². The molecule has 0 radical (unpaired) electrons. The van der Waals surface area contributed by atoms with Gasteiger partial charge in [-0.25, -0.2) is 4.39 Å². The highest BCUT2D eigenvalue weighted by Gasteiger charge is 2.16. The molecule has 100 valence electrons. The van der Waals surface area contributed by atoms with Crippen molar-refractivity contribution in [2.45, 2.75) is 25.2 Å². The number of aliphatic carboxylic acids is 1. The van der Waals surface area contributed by atoms with E-state index in [1.807, 2.05) is 6.07 Å². The van der Waals surface area contributed by atoms with Crippen LogP contribution < -0.4 is 0 Å². The van der Waals surface area contributed by atoms with Crippen LogP contribution in [0.1, 0.15) is 29.9 Å². The van der Waals surface area contributed by atoms with Crippen LogP contribution in [0, 0.1) is 5.82 Å². The van der Waals surface area contributed by atoms with E-state index in [1.54, 1.807) is 30.6 Å². The Morgan fingerprint density at radius 2 is 2.11 bits per heavy atom. The molecule has 2 rings (SSSR count). The van der Waals surface area contributed by atoms with Crippen LogP contribution >= 0.6 is 0 Å². The Morgan fingerprint density at radius 1 is 1.32 bits per heavy atom. The Kier molecular flexibility index (Phi) is 4.34. The van der Waals surface area contributed by atoms with Gasteiger partial charge in [-0.3, -0.25) is 4.79 Å². The molecule has 3 nitrogen and oxygen atoms in total. The van der Waals surface area contributed by atoms with Crippen LogP contribution in [0.25, 0.3) is 0 Å². The van der Waals surface area contributed by atoms with Crippen molar-refractivity contribution in [3.63, 3.8) is 0 Å². The smallest absolute Gasteiger partial charge is 0.303 e. The number of halogens is 1. The van der Waals surface area contributed by atoms with Crippen LogP contribution in [0.3, 0.4) is 0 Å². The van der Waals surface area contributed by atoms with Crippen molar-refractivity contribution >= 4 is 5.97 Å². The number of nitrogens with one attached hydrogen (secondary N) is 1. The van der Waals surface area contributed by atoms with E-state index in [-0.39, 0.29) is 18.2 Å². The molecule has 0 bridgehead atoms. The molecule has 0 amide bonds. The number of rotatable bonds is 6. The van der Waals surface area contributed by atoms with E-state index in [1.165, 1.54) is 6.07 Å². The molecule has 1 atom stereocenters. The average Bonchev–Trinajstić information content (AvgIpc) is 2.89. The zero-order valence-corrected chi connectivity index (χ0v) is 10.5. The van der Waals surface area contributed by atoms with Crippen molar-refractivity contribution in [3.8, 4) is 0 Å². The number of H-pyrrole nitrogens is 1. The second kappa shape index (κ2) is 6.18. The molecular weight excluding hydrogens is 245 g/mol. The maximum absolute atomic E-state index is 13.5. The van der Waals surface area contributed by atoms with Gasteiger partial charge in [0.2, 0.25) is 0 Å². The average molecular weight is 261 g/mol. The molecule has 0 saturated heterocycles. The predicted molar refractivity (Wildman–Crippen MR) is 70.5 cm³/mol. The van der Waals surface area contributed by atoms with Gasteiger partial charge in [-0.2, -0.15) is 0 Å². The van der Waals surface area contributed by atoms with Crippen molar-refractivity contribution in [2.24, 2.45) is 0 Å². The fourth-order valence-corrected chi connectivity index (χ4v) is 2.22. The van der Waals surface area contributed by atoms with E-state index >= 15 is 0 Å². The third-order valence-corrected chi connectivity index (χ3v) is 3.23. The Hall–Kier alpha value is -2.10. The summed E-state index contributed by atoms with van der Waals surface area (Å²) in [6.07, 6.45) is 4.79. The van der Waals surface area contributed by atoms with E-state index < -0.39 is 5.97 Å². The number of carboxylic acids is 1. The fraction of sp³-hybridized carbons (Fsp3) is 0.267. The van der Waals surface area contributed by atoms with Gasteiger partial charge in [0, 0.05) is 12.4 Å². The molecule has 0 aliphatic rings. The highest BCUT2D eigenvalue weighted by Crippen LogP contribution is 2.25. The molecule has 1 unspecified atom stereocenters. The summed E-state index contributed by atoms with van der Waals surface area (Å²) in [5.74, 6) is -1.16. The highest BCUT2D eigenvalue weighted by atomic mass is 19.1. The van der Waals surface area contributed by atoms with Gasteiger partial charge in [0.25, 0.3) is 0 Å². The van der Waals surface area contributed by atoms with Crippen LogP contribution in [-0.2, 0) is 11.2 Å². The third-order valence-electron chi connectivity index (χ3n) is 3.23. The molecule has 1 aromatic carbocycles. The van der Waals surface area contributed by atoms with Crippen molar-refractivity contribution < 1.29 is 14.3 Å². The molecule has 0 fully saturated rings. The number of aromatic nitrogens is 1. The minimum absolute atomic E-state index is 0.0618. The van der Waals surface area contributed by atoms with Gasteiger partial charge in [-0.15, -0.1) is 0 Å². The predicted octanol–water partition coefficient (Wildman–Crippen LogP) is 3.34. The fourth-order valence-electron chi connectivity index (χ4n) is 2.22. The topological polar surface area (TPSA) is 53.1 Å². The molecule has 0 saturated carbocycles. The minimum atomic E-state index is -0.834. The van der Waals surface area contributed by atoms with Crippen LogP contribution in [0.5, 0.6) is 0 Å². The molecule has 2 N–H and O–H groups in total. The van der Waals surface area contributed by atoms with Crippen LogP contribution in [0.2, 0.25) is 0 Å². The lowest BCUT2D eigenvalue weighted by Crippen LogP contribution is -2.07. The summed E-state index contributed by atoms with van der Waals surface area (Å²) in [4.78, 5) is 13.8. The van der Waals surface area contributed by atoms with Crippen molar-refractivity contribution in [3.05, 3.63) is 59.7 Å². The summed E-state index contributed by atoms with van der Waals surface area (Å²) >= 11 is 0. The van der Waals surface area contributed by atoms with E-state index in [0.717, 1.165) is 5.56 Å². The molecule has 0 aliphatic carbocycles. The van der Waals surface area contributed by atoms with Crippen molar-refractivity contribution in [1.29, 1.82) is 0 Å². The van der Waals surface area contributed by atoms with Gasteiger partial charge in [0.1, 0.15) is 5.82 Å². The summed E-state index contributed by atoms with van der Waals surface area (Å²) in [6.45, 7) is 0. The van der Waals surface area contributed by atoms with Crippen LogP contribution in [-0.4, -0.2) is 16.1 Å². The van der Waals surface area contributed by atoms with Gasteiger partial charge in [0.05, 0.1) is 6.42 Å². The lowest BCUT2D eigenvalue weighted by molar-refractivity contribution is -0.137. The molecule has 2 aromatic rings. The number of carbonyl (C=O) groups is 1. The molecule has 0 aliphatic heterocycles. The zero-order valence-electron chi connectivity index (χ0n) is 10.5. The second-order valence-electron chi connectivity index (χ2n) is 4.57. The zero-order chi connectivity index (χ0) is 13.7. The summed E-state index contributed by atoms with van der Waals surface area (Å²) < 4.78 is 13.5. The van der Waals surface area contributed by atoms with Gasteiger partial charge in [-0.1, -0.05) is 18.2 Å². The van der Waals surface area contributed by atoms with E-state index in [0.29, 0.717) is 18.4 Å². The Bertz CT molecular complexity index is 537. The van der Waals surface area contributed by atoms with Crippen molar-refractivity contribution in [1.82, 2.24) is 4.98 Å². The normalized spacial score (nSPS) is 12.3. The molecule has 1 aromatic heterocycles. The lowest BCUT2D eigenvalue weighted by atomic mass is 9.91. The Labute approximate surface area is 111 Å². The molecule has 4 heteroatoms. The minimum Gasteiger partial charge on any atom is -0.481 e. The quantitative estimate of drug-likeness (QED) is 0.837. The summed E-state index contributed by atoms with van der Waals surface area (Å²) in [5.41, 5.74) is 1.59. The van der Waals surface area contributed by atoms with E-state index in [2.05, 4.69) is 4.98 Å². The molecular formula is C15H16FNO2. The number of carboxylic acid groups (broad SMARTS) is 1. The first-order chi connectivity index (χ1) is 9.16. The van der Waals surface area contributed by atoms with Gasteiger partial charge in [0.15, 0.2) is 0 Å². The maximum atomic E-state index is 13.5. The lowest BCUT2D eigenvalue weighted by Gasteiger charge is -2.13. The third kappa shape index (κ3) is 3.68. The summed E-state index contributed by atoms with van der Waals surface area (Å²) in [5, 5.41) is 8.95. The standard InChI is InChI=1S/C15H16FNO2/c16-14-4-2-1-3-11(14)5-6-12(9-15(18)19)13-7-8-17-10-13/h1-4,7-8,10,12,17H,5-6,9H2,(H,18,19). The first kappa shape index (κ1) is 13.3. The Morgan fingerprint density at radius 3 is 2.74 bits per heavy atom. The van der Waals surface area contributed by atoms with Crippen LogP contribution in [0.4, 0.5) is 4.39 Å². The molecule has 0 spiro atoms. The van der Waals surface area contributed by atoms with Gasteiger partial charge in [-0.05, 0) is 42.0 Å². The first-order valence-corrected chi connectivity index (χ1v) is 6.24. The largest absolute Gasteiger partial charge is 0.481 e. The number of aryl methyl sites for hydroxylation is 1. The van der Waals surface area contributed by atoms with Gasteiger partial charge < -0.3 is 10.1 Å². The summed E-state index contributed by atoms with van der Waals surface area (Å²) in [7, 11) is 0. The van der Waals surface area contributed by atoms with Gasteiger partial charge >= 0.3 is 5.97 Å².